The van der Waals surface area contributed by atoms with E-state index in [1.165, 1.54) is 7.05 Å². The Labute approximate surface area is 118 Å². The normalized spacial score (nSPS) is 11.2. The van der Waals surface area contributed by atoms with E-state index >= 15 is 0 Å². The van der Waals surface area contributed by atoms with Crippen LogP contribution in [-0.4, -0.2) is 29.4 Å². The van der Waals surface area contributed by atoms with Crippen molar-refractivity contribution in [2.45, 2.75) is 12.6 Å². The summed E-state index contributed by atoms with van der Waals surface area (Å²) in [6.07, 6.45) is -4.43. The molecule has 20 heavy (non-hydrogen) atoms. The van der Waals surface area contributed by atoms with Crippen molar-refractivity contribution in [2.75, 3.05) is 13.6 Å². The first-order valence-corrected chi connectivity index (χ1v) is 5.94. The van der Waals surface area contributed by atoms with Crippen molar-refractivity contribution in [1.29, 1.82) is 0 Å². The van der Waals surface area contributed by atoms with Crippen molar-refractivity contribution >= 4 is 23.1 Å². The molecule has 0 bridgehead atoms. The molecule has 0 saturated heterocycles. The molecule has 1 aromatic rings. The molecule has 0 saturated carbocycles. The summed E-state index contributed by atoms with van der Waals surface area (Å²) in [6.45, 7) is 0.101. The number of benzene rings is 1. The highest BCUT2D eigenvalue weighted by Crippen LogP contribution is 2.30. The molecule has 0 aliphatic carbocycles. The van der Waals surface area contributed by atoms with Gasteiger partial charge in [-0.2, -0.15) is 13.2 Å². The van der Waals surface area contributed by atoms with Crippen LogP contribution in [0.4, 0.5) is 17.6 Å². The van der Waals surface area contributed by atoms with E-state index in [2.05, 4.69) is 12.2 Å². The van der Waals surface area contributed by atoms with Gasteiger partial charge in [0.1, 0.15) is 5.82 Å². The fourth-order valence-corrected chi connectivity index (χ4v) is 1.54. The fourth-order valence-electron chi connectivity index (χ4n) is 1.45. The molecule has 2 N–H and O–H groups in total. The molecule has 0 aliphatic rings. The second kappa shape index (κ2) is 6.17. The second-order valence-corrected chi connectivity index (χ2v) is 4.66. The summed E-state index contributed by atoms with van der Waals surface area (Å²) < 4.78 is 51.1. The average Bonchev–Trinajstić information content (AvgIpc) is 2.34. The van der Waals surface area contributed by atoms with Gasteiger partial charge in [0.25, 0.3) is 5.91 Å². The second-order valence-electron chi connectivity index (χ2n) is 4.14. The van der Waals surface area contributed by atoms with Crippen molar-refractivity contribution in [3.63, 3.8) is 0 Å². The van der Waals surface area contributed by atoms with E-state index in [4.69, 9.17) is 5.73 Å². The summed E-state index contributed by atoms with van der Waals surface area (Å²) in [5, 5.41) is 0. The van der Waals surface area contributed by atoms with Crippen molar-refractivity contribution in [2.24, 2.45) is 5.73 Å². The van der Waals surface area contributed by atoms with Gasteiger partial charge in [0.2, 0.25) is 0 Å². The van der Waals surface area contributed by atoms with Crippen molar-refractivity contribution in [1.82, 2.24) is 4.90 Å². The summed E-state index contributed by atoms with van der Waals surface area (Å²) in [6, 6.07) is 1.70. The molecule has 8 heteroatoms. The number of amides is 1. The van der Waals surface area contributed by atoms with Crippen molar-refractivity contribution in [3.05, 3.63) is 35.1 Å². The van der Waals surface area contributed by atoms with Gasteiger partial charge in [0.05, 0.1) is 16.1 Å². The Kier molecular flexibility index (Phi) is 5.04. The predicted octanol–water partition coefficient (Wildman–Crippen LogP) is 2.59. The molecule has 1 amide bonds. The van der Waals surface area contributed by atoms with Gasteiger partial charge >= 0.3 is 6.18 Å². The highest BCUT2D eigenvalue weighted by atomic mass is 32.1. The molecule has 1 rings (SSSR count). The lowest BCUT2D eigenvalue weighted by atomic mass is 10.1. The number of rotatable bonds is 4. The maximum Gasteiger partial charge on any atom is 0.416 e. The minimum absolute atomic E-state index is 0.101. The molecule has 0 unspecified atom stereocenters. The third-order valence-corrected chi connectivity index (χ3v) is 2.77. The van der Waals surface area contributed by atoms with Crippen LogP contribution in [0.25, 0.3) is 0 Å². The van der Waals surface area contributed by atoms with Crippen LogP contribution in [0.3, 0.4) is 0 Å². The zero-order valence-corrected chi connectivity index (χ0v) is 11.3. The zero-order valence-electron chi connectivity index (χ0n) is 10.5. The van der Waals surface area contributed by atoms with E-state index in [-0.39, 0.29) is 18.0 Å². The Bertz CT molecular complexity index is 531. The van der Waals surface area contributed by atoms with Gasteiger partial charge in [-0.15, -0.1) is 0 Å². The van der Waals surface area contributed by atoms with Crippen LogP contribution >= 0.6 is 12.2 Å². The largest absolute Gasteiger partial charge is 0.416 e. The summed E-state index contributed by atoms with van der Waals surface area (Å²) >= 11 is 4.63. The molecule has 0 aromatic heterocycles. The summed E-state index contributed by atoms with van der Waals surface area (Å²) in [7, 11) is 1.33. The first-order chi connectivity index (χ1) is 9.12. The van der Waals surface area contributed by atoms with Gasteiger partial charge in [-0.05, 0) is 18.2 Å². The predicted molar refractivity (Wildman–Crippen MR) is 69.8 cm³/mol. The van der Waals surface area contributed by atoms with Crippen LogP contribution in [0.1, 0.15) is 22.3 Å². The third-order valence-electron chi connectivity index (χ3n) is 2.56. The smallest absolute Gasteiger partial charge is 0.393 e. The molecule has 3 nitrogen and oxygen atoms in total. The van der Waals surface area contributed by atoms with Crippen LogP contribution in [0.15, 0.2) is 18.2 Å². The Hall–Kier alpha value is -1.70. The number of nitrogens with zero attached hydrogens (tertiary/aromatic N) is 1. The standard InChI is InChI=1S/C12H12F4N2OS/c1-18(5-4-10(17)20)11(19)8-6-7(12(14,15)16)2-3-9(8)13/h2-3,6H,4-5H2,1H3,(H2,17,20). The maximum atomic E-state index is 13.5. The molecule has 0 aliphatic heterocycles. The third kappa shape index (κ3) is 4.16. The summed E-state index contributed by atoms with van der Waals surface area (Å²) in [5.74, 6) is -1.87. The highest BCUT2D eigenvalue weighted by Gasteiger charge is 2.32. The minimum atomic E-state index is -4.64. The molecule has 0 radical (unpaired) electrons. The molecular formula is C12H12F4N2OS. The number of carbonyl (C=O) groups excluding carboxylic acids is 1. The number of alkyl halides is 3. The lowest BCUT2D eigenvalue weighted by Gasteiger charge is -2.18. The maximum absolute atomic E-state index is 13.5. The van der Waals surface area contributed by atoms with E-state index < -0.39 is 29.0 Å². The van der Waals surface area contributed by atoms with Gasteiger partial charge in [-0.25, -0.2) is 4.39 Å². The topological polar surface area (TPSA) is 46.3 Å². The SMILES string of the molecule is CN(CCC(N)=S)C(=O)c1cc(C(F)(F)F)ccc1F. The lowest BCUT2D eigenvalue weighted by molar-refractivity contribution is -0.137. The van der Waals surface area contributed by atoms with Crippen LogP contribution in [-0.2, 0) is 6.18 Å². The van der Waals surface area contributed by atoms with Crippen LogP contribution in [0.5, 0.6) is 0 Å². The molecule has 0 spiro atoms. The quantitative estimate of drug-likeness (QED) is 0.687. The average molecular weight is 308 g/mol. The van der Waals surface area contributed by atoms with Gasteiger partial charge in [0.15, 0.2) is 0 Å². The van der Waals surface area contributed by atoms with Crippen LogP contribution < -0.4 is 5.73 Å². The Morgan fingerprint density at radius 2 is 2.00 bits per heavy atom. The number of hydrogen-bond acceptors (Lipinski definition) is 2. The van der Waals surface area contributed by atoms with E-state index in [1.807, 2.05) is 0 Å². The fraction of sp³-hybridized carbons (Fsp3) is 0.333. The highest BCUT2D eigenvalue weighted by molar-refractivity contribution is 7.80. The van der Waals surface area contributed by atoms with Crippen LogP contribution in [0.2, 0.25) is 0 Å². The zero-order chi connectivity index (χ0) is 15.5. The Morgan fingerprint density at radius 1 is 1.40 bits per heavy atom. The van der Waals surface area contributed by atoms with Gasteiger partial charge in [-0.1, -0.05) is 12.2 Å². The molecule has 0 fully saturated rings. The molecular weight excluding hydrogens is 296 g/mol. The molecule has 0 atom stereocenters. The molecule has 1 aromatic carbocycles. The number of halogens is 4. The molecule has 0 heterocycles. The van der Waals surface area contributed by atoms with Crippen molar-refractivity contribution < 1.29 is 22.4 Å². The van der Waals surface area contributed by atoms with E-state index in [0.29, 0.717) is 18.2 Å². The van der Waals surface area contributed by atoms with Gasteiger partial charge < -0.3 is 10.6 Å². The lowest BCUT2D eigenvalue weighted by Crippen LogP contribution is -2.31. The Morgan fingerprint density at radius 3 is 2.50 bits per heavy atom. The Balaban J connectivity index is 3.00. The monoisotopic (exact) mass is 308 g/mol. The first kappa shape index (κ1) is 16.4. The van der Waals surface area contributed by atoms with E-state index in [9.17, 15) is 22.4 Å². The number of nitrogens with two attached hydrogens (primary N) is 1. The van der Waals surface area contributed by atoms with E-state index in [1.54, 1.807) is 0 Å². The molecule has 110 valence electrons. The van der Waals surface area contributed by atoms with Crippen LogP contribution in [0, 0.1) is 5.82 Å². The van der Waals surface area contributed by atoms with Crippen molar-refractivity contribution in [3.8, 4) is 0 Å². The minimum Gasteiger partial charge on any atom is -0.393 e. The number of thiocarbonyl (C=S) groups is 1. The van der Waals surface area contributed by atoms with Gasteiger partial charge in [0, 0.05) is 20.0 Å². The van der Waals surface area contributed by atoms with E-state index in [0.717, 1.165) is 4.90 Å². The summed E-state index contributed by atoms with van der Waals surface area (Å²) in [5.41, 5.74) is 3.55. The first-order valence-electron chi connectivity index (χ1n) is 5.53. The van der Waals surface area contributed by atoms with Gasteiger partial charge in [-0.3, -0.25) is 4.79 Å². The number of hydrogen-bond donors (Lipinski definition) is 1. The summed E-state index contributed by atoms with van der Waals surface area (Å²) in [4.78, 5) is 13.1. The number of carbonyl (C=O) groups is 1.